The minimum atomic E-state index is 0.0328. The molecule has 0 radical (unpaired) electrons. The van der Waals surface area contributed by atoms with E-state index in [0.29, 0.717) is 5.11 Å². The smallest absolute Gasteiger partial charge is 0.170 e. The second-order valence-corrected chi connectivity index (χ2v) is 8.40. The van der Waals surface area contributed by atoms with Gasteiger partial charge < -0.3 is 20.7 Å². The summed E-state index contributed by atoms with van der Waals surface area (Å²) in [4.78, 5) is 4.49. The highest BCUT2D eigenvalue weighted by molar-refractivity contribution is 7.80. The quantitative estimate of drug-likeness (QED) is 0.467. The first kappa shape index (κ1) is 21.3. The lowest BCUT2D eigenvalue weighted by atomic mass is 9.74. The first-order valence-corrected chi connectivity index (χ1v) is 11.0. The zero-order valence-corrected chi connectivity index (χ0v) is 18.5. The van der Waals surface area contributed by atoms with Gasteiger partial charge in [-0.15, -0.1) is 0 Å². The lowest BCUT2D eigenvalue weighted by molar-refractivity contribution is 0.0515. The van der Waals surface area contributed by atoms with Crippen LogP contribution in [0.3, 0.4) is 0 Å². The van der Waals surface area contributed by atoms with E-state index in [9.17, 15) is 0 Å². The van der Waals surface area contributed by atoms with Crippen LogP contribution >= 0.6 is 12.2 Å². The van der Waals surface area contributed by atoms with Crippen LogP contribution < -0.4 is 16.0 Å². The highest BCUT2D eigenvalue weighted by atomic mass is 32.1. The van der Waals surface area contributed by atoms with Gasteiger partial charge in [0.05, 0.1) is 11.9 Å². The molecular formula is C25H28N4OS. The number of nitrogens with one attached hydrogen (secondary N) is 3. The van der Waals surface area contributed by atoms with E-state index in [2.05, 4.69) is 70.3 Å². The van der Waals surface area contributed by atoms with Crippen LogP contribution in [0.2, 0.25) is 0 Å². The van der Waals surface area contributed by atoms with Crippen molar-refractivity contribution in [3.8, 4) is 0 Å². The molecule has 3 aromatic rings. The van der Waals surface area contributed by atoms with E-state index in [1.165, 1.54) is 11.1 Å². The average Bonchev–Trinajstić information content (AvgIpc) is 2.80. The molecule has 6 heteroatoms. The van der Waals surface area contributed by atoms with Crippen LogP contribution in [-0.4, -0.2) is 29.9 Å². The summed E-state index contributed by atoms with van der Waals surface area (Å²) in [6.07, 6.45) is 3.74. The summed E-state index contributed by atoms with van der Waals surface area (Å²) in [5.74, 6) is 0.792. The summed E-state index contributed by atoms with van der Waals surface area (Å²) in [5, 5.41) is 10.6. The van der Waals surface area contributed by atoms with E-state index in [1.54, 1.807) is 6.20 Å². The molecule has 5 nitrogen and oxygen atoms in total. The van der Waals surface area contributed by atoms with Gasteiger partial charge >= 0.3 is 0 Å². The molecule has 1 aliphatic rings. The Morgan fingerprint density at radius 2 is 1.81 bits per heavy atom. The third-order valence-electron chi connectivity index (χ3n) is 5.74. The molecule has 1 aromatic heterocycles. The number of hydrogen-bond donors (Lipinski definition) is 3. The van der Waals surface area contributed by atoms with Crippen molar-refractivity contribution >= 4 is 34.5 Å². The van der Waals surface area contributed by atoms with Crippen molar-refractivity contribution in [1.82, 2.24) is 10.3 Å². The van der Waals surface area contributed by atoms with Crippen molar-refractivity contribution in [2.45, 2.75) is 25.2 Å². The fourth-order valence-corrected chi connectivity index (χ4v) is 4.15. The molecule has 2 aromatic carbocycles. The lowest BCUT2D eigenvalue weighted by Gasteiger charge is -2.38. The van der Waals surface area contributed by atoms with Gasteiger partial charge in [0.15, 0.2) is 5.11 Å². The maximum atomic E-state index is 5.62. The Labute approximate surface area is 189 Å². The molecule has 1 aliphatic heterocycles. The molecule has 0 saturated carbocycles. The lowest BCUT2D eigenvalue weighted by Crippen LogP contribution is -2.45. The highest BCUT2D eigenvalue weighted by Gasteiger charge is 2.34. The van der Waals surface area contributed by atoms with Crippen molar-refractivity contribution in [2.24, 2.45) is 0 Å². The average molecular weight is 433 g/mol. The summed E-state index contributed by atoms with van der Waals surface area (Å²) in [6.45, 7) is 4.39. The number of benzene rings is 2. The van der Waals surface area contributed by atoms with Gasteiger partial charge in [-0.3, -0.25) is 0 Å². The standard InChI is InChI=1S/C25H28N4OS/c1-19-6-5-9-21(16-19)28-23-11-10-22(17-26-23)29-24(31)27-18-25(12-14-30-15-13-25)20-7-3-2-4-8-20/h2-11,16-17H,12-15,18H2,1H3,(H,26,28)(H2,27,29,31). The van der Waals surface area contributed by atoms with E-state index in [4.69, 9.17) is 17.0 Å². The molecule has 3 N–H and O–H groups in total. The number of hydrogen-bond acceptors (Lipinski definition) is 4. The summed E-state index contributed by atoms with van der Waals surface area (Å²) < 4.78 is 5.62. The molecule has 0 aliphatic carbocycles. The maximum absolute atomic E-state index is 5.62. The Balaban J connectivity index is 1.35. The molecule has 0 unspecified atom stereocenters. The van der Waals surface area contributed by atoms with Crippen LogP contribution in [-0.2, 0) is 10.2 Å². The number of aromatic nitrogens is 1. The van der Waals surface area contributed by atoms with Crippen LogP contribution in [0, 0.1) is 6.92 Å². The van der Waals surface area contributed by atoms with Crippen LogP contribution in [0.25, 0.3) is 0 Å². The zero-order chi connectivity index (χ0) is 21.5. The molecule has 4 rings (SSSR count). The van der Waals surface area contributed by atoms with E-state index < -0.39 is 0 Å². The fraction of sp³-hybridized carbons (Fsp3) is 0.280. The molecule has 160 valence electrons. The first-order chi connectivity index (χ1) is 15.1. The third kappa shape index (κ3) is 5.60. The first-order valence-electron chi connectivity index (χ1n) is 10.6. The van der Waals surface area contributed by atoms with Crippen molar-refractivity contribution in [2.75, 3.05) is 30.4 Å². The Kier molecular flexibility index (Phi) is 6.79. The van der Waals surface area contributed by atoms with Crippen LogP contribution in [0.4, 0.5) is 17.2 Å². The van der Waals surface area contributed by atoms with Gasteiger partial charge in [-0.1, -0.05) is 42.5 Å². The predicted octanol–water partition coefficient (Wildman–Crippen LogP) is 5.17. The minimum Gasteiger partial charge on any atom is -0.381 e. The van der Waals surface area contributed by atoms with Crippen molar-refractivity contribution in [1.29, 1.82) is 0 Å². The van der Waals surface area contributed by atoms with E-state index in [0.717, 1.165) is 49.8 Å². The number of aryl methyl sites for hydroxylation is 1. The number of nitrogens with zero attached hydrogens (tertiary/aromatic N) is 1. The summed E-state index contributed by atoms with van der Waals surface area (Å²) in [7, 11) is 0. The third-order valence-corrected chi connectivity index (χ3v) is 5.98. The van der Waals surface area contributed by atoms with Crippen molar-refractivity contribution in [3.63, 3.8) is 0 Å². The number of thiocarbonyl (C=S) groups is 1. The van der Waals surface area contributed by atoms with Gasteiger partial charge in [-0.25, -0.2) is 4.98 Å². The second kappa shape index (κ2) is 9.90. The summed E-state index contributed by atoms with van der Waals surface area (Å²) in [5.41, 5.74) is 4.45. The molecule has 1 saturated heterocycles. The normalized spacial score (nSPS) is 15.1. The molecule has 0 atom stereocenters. The van der Waals surface area contributed by atoms with E-state index >= 15 is 0 Å². The molecule has 2 heterocycles. The van der Waals surface area contributed by atoms with Gasteiger partial charge in [0, 0.05) is 30.9 Å². The van der Waals surface area contributed by atoms with Crippen LogP contribution in [0.5, 0.6) is 0 Å². The Morgan fingerprint density at radius 3 is 2.52 bits per heavy atom. The largest absolute Gasteiger partial charge is 0.381 e. The fourth-order valence-electron chi connectivity index (χ4n) is 3.96. The molecule has 0 bridgehead atoms. The van der Waals surface area contributed by atoms with E-state index in [-0.39, 0.29) is 5.41 Å². The Bertz CT molecular complexity index is 1000. The van der Waals surface area contributed by atoms with Gasteiger partial charge in [0.2, 0.25) is 0 Å². The van der Waals surface area contributed by atoms with Gasteiger partial charge in [0.1, 0.15) is 5.82 Å². The van der Waals surface area contributed by atoms with Crippen LogP contribution in [0.1, 0.15) is 24.0 Å². The SMILES string of the molecule is Cc1cccc(Nc2ccc(NC(=S)NCC3(c4ccccc4)CCOCC3)cn2)c1. The van der Waals surface area contributed by atoms with Crippen molar-refractivity contribution < 1.29 is 4.74 Å². The van der Waals surface area contributed by atoms with Crippen molar-refractivity contribution in [3.05, 3.63) is 84.1 Å². The minimum absolute atomic E-state index is 0.0328. The number of pyridine rings is 1. The topological polar surface area (TPSA) is 58.2 Å². The number of anilines is 3. The van der Waals surface area contributed by atoms with Gasteiger partial charge in [0.25, 0.3) is 0 Å². The van der Waals surface area contributed by atoms with Crippen LogP contribution in [0.15, 0.2) is 72.9 Å². The molecular weight excluding hydrogens is 404 g/mol. The molecule has 0 amide bonds. The summed E-state index contributed by atoms with van der Waals surface area (Å²) in [6, 6.07) is 22.8. The second-order valence-electron chi connectivity index (χ2n) is 7.99. The van der Waals surface area contributed by atoms with E-state index in [1.807, 2.05) is 24.3 Å². The number of ether oxygens (including phenoxy) is 1. The number of rotatable bonds is 6. The zero-order valence-electron chi connectivity index (χ0n) is 17.7. The summed E-state index contributed by atoms with van der Waals surface area (Å²) >= 11 is 5.56. The monoisotopic (exact) mass is 432 g/mol. The maximum Gasteiger partial charge on any atom is 0.170 e. The predicted molar refractivity (Wildman–Crippen MR) is 131 cm³/mol. The highest BCUT2D eigenvalue weighted by Crippen LogP contribution is 2.34. The molecule has 31 heavy (non-hydrogen) atoms. The Hall–Kier alpha value is -2.96. The van der Waals surface area contributed by atoms with Gasteiger partial charge in [-0.2, -0.15) is 0 Å². The van der Waals surface area contributed by atoms with Gasteiger partial charge in [-0.05, 0) is 67.4 Å². The molecule has 0 spiro atoms. The molecule has 1 fully saturated rings. The Morgan fingerprint density at radius 1 is 1.00 bits per heavy atom.